The minimum absolute atomic E-state index is 0.133. The van der Waals surface area contributed by atoms with Crippen LogP contribution in [0.1, 0.15) is 50.5 Å². The van der Waals surface area contributed by atoms with Crippen LogP contribution in [-0.2, 0) is 4.79 Å². The Morgan fingerprint density at radius 3 is 2.74 bits per heavy atom. The van der Waals surface area contributed by atoms with Crippen LogP contribution in [0.15, 0.2) is 18.2 Å². The lowest BCUT2D eigenvalue weighted by atomic mass is 9.93. The van der Waals surface area contributed by atoms with Gasteiger partial charge >= 0.3 is 0 Å². The van der Waals surface area contributed by atoms with Crippen LogP contribution in [0.3, 0.4) is 0 Å². The minimum atomic E-state index is -0.894. The van der Waals surface area contributed by atoms with E-state index in [2.05, 4.69) is 6.92 Å². The van der Waals surface area contributed by atoms with Crippen LogP contribution in [0, 0.1) is 17.1 Å². The number of nitriles is 1. The summed E-state index contributed by atoms with van der Waals surface area (Å²) < 4.78 is 13.0. The lowest BCUT2D eigenvalue weighted by molar-refractivity contribution is -0.119. The molecule has 1 aromatic carbocycles. The molecular weight excluding hydrogens is 265 g/mol. The van der Waals surface area contributed by atoms with Gasteiger partial charge in [0.15, 0.2) is 5.78 Å². The summed E-state index contributed by atoms with van der Waals surface area (Å²) in [6, 6.07) is 5.72. The van der Waals surface area contributed by atoms with Gasteiger partial charge in [0.2, 0.25) is 0 Å². The summed E-state index contributed by atoms with van der Waals surface area (Å²) in [5.41, 5.74) is 0.394. The van der Waals surface area contributed by atoms with Crippen molar-refractivity contribution >= 4 is 17.4 Å². The van der Waals surface area contributed by atoms with Crippen molar-refractivity contribution in [3.63, 3.8) is 0 Å². The van der Waals surface area contributed by atoms with Crippen molar-refractivity contribution in [2.75, 3.05) is 0 Å². The van der Waals surface area contributed by atoms with E-state index in [1.54, 1.807) is 0 Å². The fourth-order valence-electron chi connectivity index (χ4n) is 1.92. The topological polar surface area (TPSA) is 40.9 Å². The molecule has 0 N–H and O–H groups in total. The molecular formula is C15H17ClFNO. The summed E-state index contributed by atoms with van der Waals surface area (Å²) in [4.78, 5) is 12.0. The van der Waals surface area contributed by atoms with Crippen molar-refractivity contribution in [2.45, 2.75) is 44.9 Å². The predicted molar refractivity (Wildman–Crippen MR) is 73.5 cm³/mol. The van der Waals surface area contributed by atoms with Gasteiger partial charge in [0.25, 0.3) is 0 Å². The number of Topliss-reactive ketones (excluding diaryl/α,β-unsaturated/α-hetero) is 1. The molecule has 0 saturated heterocycles. The SMILES string of the molecule is CCCCCCC(=O)C(C#N)c1ccc(F)cc1Cl. The summed E-state index contributed by atoms with van der Waals surface area (Å²) in [6.07, 6.45) is 4.31. The first-order valence-corrected chi connectivity index (χ1v) is 6.85. The Balaban J connectivity index is 2.72. The van der Waals surface area contributed by atoms with Gasteiger partial charge in [-0.05, 0) is 24.1 Å². The number of carbonyl (C=O) groups is 1. The van der Waals surface area contributed by atoms with Crippen LogP contribution in [-0.4, -0.2) is 5.78 Å². The highest BCUT2D eigenvalue weighted by Gasteiger charge is 2.22. The first-order valence-electron chi connectivity index (χ1n) is 6.47. The molecule has 0 spiro atoms. The largest absolute Gasteiger partial charge is 0.298 e. The third-order valence-corrected chi connectivity index (χ3v) is 3.33. The zero-order valence-electron chi connectivity index (χ0n) is 11.0. The molecule has 1 atom stereocenters. The fourth-order valence-corrected chi connectivity index (χ4v) is 2.20. The molecule has 0 radical (unpaired) electrons. The summed E-state index contributed by atoms with van der Waals surface area (Å²) >= 11 is 5.89. The molecule has 1 aromatic rings. The molecule has 0 aliphatic carbocycles. The third kappa shape index (κ3) is 4.65. The van der Waals surface area contributed by atoms with Crippen molar-refractivity contribution in [1.82, 2.24) is 0 Å². The van der Waals surface area contributed by atoms with E-state index in [-0.39, 0.29) is 10.8 Å². The average Bonchev–Trinajstić information content (AvgIpc) is 2.38. The molecule has 2 nitrogen and oxygen atoms in total. The number of ketones is 1. The number of hydrogen-bond donors (Lipinski definition) is 0. The van der Waals surface area contributed by atoms with Crippen molar-refractivity contribution in [3.05, 3.63) is 34.6 Å². The second-order valence-electron chi connectivity index (χ2n) is 4.50. The van der Waals surface area contributed by atoms with Crippen LogP contribution in [0.2, 0.25) is 5.02 Å². The zero-order valence-corrected chi connectivity index (χ0v) is 11.7. The number of benzene rings is 1. The molecule has 1 unspecified atom stereocenters. The molecule has 4 heteroatoms. The van der Waals surface area contributed by atoms with Gasteiger partial charge in [0.1, 0.15) is 11.7 Å². The molecule has 0 aliphatic heterocycles. The first kappa shape index (κ1) is 15.7. The molecule has 0 aliphatic rings. The summed E-state index contributed by atoms with van der Waals surface area (Å²) in [6.45, 7) is 2.10. The molecule has 0 saturated carbocycles. The maximum absolute atomic E-state index is 13.0. The minimum Gasteiger partial charge on any atom is -0.298 e. The number of nitrogens with zero attached hydrogens (tertiary/aromatic N) is 1. The number of carbonyl (C=O) groups excluding carboxylic acids is 1. The van der Waals surface area contributed by atoms with Gasteiger partial charge in [-0.25, -0.2) is 4.39 Å². The van der Waals surface area contributed by atoms with Gasteiger partial charge in [-0.2, -0.15) is 5.26 Å². The molecule has 0 amide bonds. The van der Waals surface area contributed by atoms with Gasteiger partial charge in [0.05, 0.1) is 6.07 Å². The highest BCUT2D eigenvalue weighted by atomic mass is 35.5. The van der Waals surface area contributed by atoms with Crippen LogP contribution in [0.4, 0.5) is 4.39 Å². The normalized spacial score (nSPS) is 11.9. The quantitative estimate of drug-likeness (QED) is 0.684. The van der Waals surface area contributed by atoms with E-state index in [0.717, 1.165) is 31.7 Å². The number of rotatable bonds is 7. The van der Waals surface area contributed by atoms with E-state index < -0.39 is 11.7 Å². The Hall–Kier alpha value is -1.40. The molecule has 0 aromatic heterocycles. The number of hydrogen-bond acceptors (Lipinski definition) is 2. The van der Waals surface area contributed by atoms with Crippen molar-refractivity contribution in [1.29, 1.82) is 5.26 Å². The Morgan fingerprint density at radius 2 is 2.16 bits per heavy atom. The van der Waals surface area contributed by atoms with Crippen LogP contribution >= 0.6 is 11.6 Å². The molecule has 0 heterocycles. The lowest BCUT2D eigenvalue weighted by Gasteiger charge is -2.10. The van der Waals surface area contributed by atoms with Gasteiger partial charge in [0, 0.05) is 11.4 Å². The zero-order chi connectivity index (χ0) is 14.3. The average molecular weight is 282 g/mol. The maximum Gasteiger partial charge on any atom is 0.154 e. The fraction of sp³-hybridized carbons (Fsp3) is 0.467. The summed E-state index contributed by atoms with van der Waals surface area (Å²) in [5, 5.41) is 9.26. The van der Waals surface area contributed by atoms with E-state index in [4.69, 9.17) is 16.9 Å². The van der Waals surface area contributed by atoms with Crippen molar-refractivity contribution in [2.24, 2.45) is 0 Å². The van der Waals surface area contributed by atoms with Gasteiger partial charge < -0.3 is 0 Å². The Morgan fingerprint density at radius 1 is 1.42 bits per heavy atom. The summed E-state index contributed by atoms with van der Waals surface area (Å²) in [7, 11) is 0. The molecule has 19 heavy (non-hydrogen) atoms. The van der Waals surface area contributed by atoms with E-state index in [1.165, 1.54) is 12.1 Å². The highest BCUT2D eigenvalue weighted by molar-refractivity contribution is 6.31. The molecule has 0 bridgehead atoms. The molecule has 0 fully saturated rings. The standard InChI is InChI=1S/C15H17ClFNO/c1-2-3-4-5-6-15(19)13(10-18)12-8-7-11(17)9-14(12)16/h7-9,13H,2-6H2,1H3. The first-order chi connectivity index (χ1) is 9.10. The smallest absolute Gasteiger partial charge is 0.154 e. The monoisotopic (exact) mass is 281 g/mol. The second-order valence-corrected chi connectivity index (χ2v) is 4.91. The maximum atomic E-state index is 13.0. The van der Waals surface area contributed by atoms with Crippen LogP contribution in [0.5, 0.6) is 0 Å². The third-order valence-electron chi connectivity index (χ3n) is 3.00. The number of halogens is 2. The second kappa shape index (κ2) is 7.91. The Bertz CT molecular complexity index is 482. The lowest BCUT2D eigenvalue weighted by Crippen LogP contribution is -2.11. The Kier molecular flexibility index (Phi) is 6.52. The van der Waals surface area contributed by atoms with Crippen molar-refractivity contribution in [3.8, 4) is 6.07 Å². The van der Waals surface area contributed by atoms with E-state index in [0.29, 0.717) is 12.0 Å². The van der Waals surface area contributed by atoms with E-state index >= 15 is 0 Å². The van der Waals surface area contributed by atoms with E-state index in [9.17, 15) is 9.18 Å². The van der Waals surface area contributed by atoms with Gasteiger partial charge in [-0.15, -0.1) is 0 Å². The highest BCUT2D eigenvalue weighted by Crippen LogP contribution is 2.27. The van der Waals surface area contributed by atoms with Crippen molar-refractivity contribution < 1.29 is 9.18 Å². The predicted octanol–water partition coefficient (Wildman–Crippen LogP) is 4.63. The van der Waals surface area contributed by atoms with Gasteiger partial charge in [-0.3, -0.25) is 4.79 Å². The van der Waals surface area contributed by atoms with Gasteiger partial charge in [-0.1, -0.05) is 43.9 Å². The number of unbranched alkanes of at least 4 members (excludes halogenated alkanes) is 3. The summed E-state index contributed by atoms with van der Waals surface area (Å²) in [5.74, 6) is -1.51. The van der Waals surface area contributed by atoms with Crippen LogP contribution in [0.25, 0.3) is 0 Å². The molecule has 102 valence electrons. The molecule has 1 rings (SSSR count). The van der Waals surface area contributed by atoms with Crippen LogP contribution < -0.4 is 0 Å². The Labute approximate surface area is 118 Å². The van der Waals surface area contributed by atoms with E-state index in [1.807, 2.05) is 6.07 Å².